The Hall–Kier alpha value is -4.58. The lowest BCUT2D eigenvalue weighted by molar-refractivity contribution is 0.200. The number of nitrogens with zero attached hydrogens (tertiary/aromatic N) is 1. The maximum absolute atomic E-state index is 12.2. The van der Waals surface area contributed by atoms with Crippen molar-refractivity contribution < 1.29 is 22.7 Å². The summed E-state index contributed by atoms with van der Waals surface area (Å²) in [6, 6.07) is 28.3. The lowest BCUT2D eigenvalue weighted by Crippen LogP contribution is -2.27. The Balaban J connectivity index is 1.19. The zero-order valence-electron chi connectivity index (χ0n) is 24.2. The van der Waals surface area contributed by atoms with Crippen molar-refractivity contribution in [2.75, 3.05) is 13.7 Å². The Morgan fingerprint density at radius 2 is 1.57 bits per heavy atom. The maximum atomic E-state index is 12.2. The lowest BCUT2D eigenvalue weighted by atomic mass is 10.0. The van der Waals surface area contributed by atoms with Gasteiger partial charge in [0.1, 0.15) is 22.3 Å². The fourth-order valence-electron chi connectivity index (χ4n) is 4.48. The summed E-state index contributed by atoms with van der Waals surface area (Å²) in [7, 11) is -2.27. The van der Waals surface area contributed by atoms with Crippen molar-refractivity contribution in [1.29, 1.82) is 0 Å². The number of aliphatic imine (C=N–C) groups is 1. The van der Waals surface area contributed by atoms with Crippen LogP contribution in [-0.2, 0) is 16.4 Å². The normalized spacial score (nSPS) is 11.5. The van der Waals surface area contributed by atoms with Crippen molar-refractivity contribution in [2.24, 2.45) is 15.9 Å². The molecule has 0 aliphatic carbocycles. The number of thiocarbonyl (C=S) groups is 1. The van der Waals surface area contributed by atoms with E-state index in [4.69, 9.17) is 32.6 Å². The Morgan fingerprint density at radius 3 is 2.27 bits per heavy atom. The number of unbranched alkanes of at least 4 members (excludes halogenated alkanes) is 2. The summed E-state index contributed by atoms with van der Waals surface area (Å²) in [6.07, 6.45) is 2.93. The van der Waals surface area contributed by atoms with E-state index in [-0.39, 0.29) is 4.90 Å². The number of sulfonamides is 1. The van der Waals surface area contributed by atoms with Gasteiger partial charge in [0, 0.05) is 23.2 Å². The van der Waals surface area contributed by atoms with Crippen molar-refractivity contribution in [3.8, 4) is 22.6 Å². The van der Waals surface area contributed by atoms with Gasteiger partial charge in [0.15, 0.2) is 0 Å². The fourth-order valence-corrected chi connectivity index (χ4v) is 5.47. The van der Waals surface area contributed by atoms with E-state index in [2.05, 4.69) is 10.3 Å². The highest BCUT2D eigenvalue weighted by Crippen LogP contribution is 2.28. The van der Waals surface area contributed by atoms with Crippen molar-refractivity contribution in [3.63, 3.8) is 0 Å². The molecule has 0 aliphatic rings. The first-order valence-corrected chi connectivity index (χ1v) is 15.9. The van der Waals surface area contributed by atoms with Gasteiger partial charge in [0.05, 0.1) is 12.0 Å². The third-order valence-electron chi connectivity index (χ3n) is 6.76. The smallest absolute Gasteiger partial charge is 0.412 e. The van der Waals surface area contributed by atoms with Gasteiger partial charge >= 0.3 is 6.09 Å². The molecule has 0 saturated carbocycles. The van der Waals surface area contributed by atoms with Gasteiger partial charge in [0.25, 0.3) is 0 Å². The Bertz CT molecular complexity index is 1740. The zero-order chi connectivity index (χ0) is 31.5. The largest absolute Gasteiger partial charge is 0.497 e. The number of aryl methyl sites for hydroxylation is 1. The minimum Gasteiger partial charge on any atom is -0.497 e. The van der Waals surface area contributed by atoms with Crippen LogP contribution < -0.4 is 25.7 Å². The van der Waals surface area contributed by atoms with E-state index in [9.17, 15) is 13.2 Å². The fraction of sp³-hybridized carbons (Fsp3) is 0.182. The zero-order valence-corrected chi connectivity index (χ0v) is 25.9. The molecule has 0 heterocycles. The van der Waals surface area contributed by atoms with Gasteiger partial charge in [-0.2, -0.15) is 0 Å². The van der Waals surface area contributed by atoms with E-state index in [0.717, 1.165) is 48.1 Å². The number of rotatable bonds is 12. The van der Waals surface area contributed by atoms with E-state index in [1.54, 1.807) is 49.6 Å². The van der Waals surface area contributed by atoms with Crippen LogP contribution in [0.2, 0.25) is 0 Å². The molecule has 0 aliphatic heterocycles. The standard InChI is InChI=1S/C33H34N4O5S2/c1-41-27-17-15-25(16-18-27)32(43)37-31(34)26-10-7-9-23(22-26)8-3-2-6-21-36-33(38)42-28-19-13-24(14-20-28)29-11-4-5-12-30(29)44(35,39)40/h4-5,7,9-20,22H,2-3,6,8,21H2,1H3,(H,36,38)(H2,34,37,43)(H2,35,39,40). The van der Waals surface area contributed by atoms with E-state index in [1.165, 1.54) is 6.07 Å². The van der Waals surface area contributed by atoms with Gasteiger partial charge in [-0.25, -0.2) is 23.3 Å². The van der Waals surface area contributed by atoms with Crippen LogP contribution in [0.15, 0.2) is 107 Å². The summed E-state index contributed by atoms with van der Waals surface area (Å²) < 4.78 is 34.3. The maximum Gasteiger partial charge on any atom is 0.412 e. The number of carbonyl (C=O) groups excluding carboxylic acids is 1. The molecule has 4 aromatic rings. The van der Waals surface area contributed by atoms with Gasteiger partial charge in [-0.05, 0) is 78.9 Å². The monoisotopic (exact) mass is 630 g/mol. The molecule has 9 nitrogen and oxygen atoms in total. The predicted molar refractivity (Wildman–Crippen MR) is 177 cm³/mol. The lowest BCUT2D eigenvalue weighted by Gasteiger charge is -2.10. The Morgan fingerprint density at radius 1 is 0.864 bits per heavy atom. The highest BCUT2D eigenvalue weighted by atomic mass is 32.2. The Labute approximate surface area is 263 Å². The van der Waals surface area contributed by atoms with Gasteiger partial charge in [-0.1, -0.05) is 67.2 Å². The summed E-state index contributed by atoms with van der Waals surface area (Å²) in [5.74, 6) is 1.44. The second kappa shape index (κ2) is 15.2. The number of benzene rings is 4. The summed E-state index contributed by atoms with van der Waals surface area (Å²) in [5, 5.41) is 8.09. The SMILES string of the molecule is COc1ccc(C(=S)N=C(N)c2cccc(CCCCCNC(=O)Oc3ccc(-c4ccccc4S(N)(=O)=O)cc3)c2)cc1. The van der Waals surface area contributed by atoms with Crippen LogP contribution in [0.25, 0.3) is 11.1 Å². The third kappa shape index (κ3) is 9.21. The quantitative estimate of drug-likeness (QED) is 0.0800. The molecule has 0 bridgehead atoms. The van der Waals surface area contributed by atoms with E-state index in [1.807, 2.05) is 48.5 Å². The first kappa shape index (κ1) is 32.3. The minimum atomic E-state index is -3.88. The van der Waals surface area contributed by atoms with Crippen molar-refractivity contribution >= 4 is 39.2 Å². The molecule has 0 unspecified atom stereocenters. The predicted octanol–water partition coefficient (Wildman–Crippen LogP) is 5.59. The third-order valence-corrected chi connectivity index (χ3v) is 8.06. The molecule has 228 valence electrons. The van der Waals surface area contributed by atoms with Crippen LogP contribution in [0.1, 0.15) is 36.0 Å². The summed E-state index contributed by atoms with van der Waals surface area (Å²) >= 11 is 5.44. The van der Waals surface area contributed by atoms with Crippen LogP contribution in [0, 0.1) is 0 Å². The summed E-state index contributed by atoms with van der Waals surface area (Å²) in [5.41, 5.74) is 10.1. The molecule has 0 fully saturated rings. The molecule has 44 heavy (non-hydrogen) atoms. The molecule has 0 radical (unpaired) electrons. The van der Waals surface area contributed by atoms with Crippen LogP contribution in [0.3, 0.4) is 0 Å². The van der Waals surface area contributed by atoms with Crippen molar-refractivity contribution in [2.45, 2.75) is 30.6 Å². The van der Waals surface area contributed by atoms with Gasteiger partial charge in [-0.15, -0.1) is 0 Å². The van der Waals surface area contributed by atoms with Crippen LogP contribution in [-0.4, -0.2) is 39.0 Å². The number of nitrogens with one attached hydrogen (secondary N) is 1. The number of carbonyl (C=O) groups is 1. The van der Waals surface area contributed by atoms with Gasteiger partial charge < -0.3 is 20.5 Å². The molecule has 0 spiro atoms. The number of methoxy groups -OCH3 is 1. The number of nitrogens with two attached hydrogens (primary N) is 2. The first-order chi connectivity index (χ1) is 21.1. The second-order valence-corrected chi connectivity index (χ2v) is 11.8. The van der Waals surface area contributed by atoms with Crippen molar-refractivity contribution in [1.82, 2.24) is 5.32 Å². The molecule has 1 amide bonds. The second-order valence-electron chi connectivity index (χ2n) is 9.92. The van der Waals surface area contributed by atoms with Gasteiger partial charge in [0.2, 0.25) is 10.0 Å². The number of amidine groups is 1. The van der Waals surface area contributed by atoms with Crippen molar-refractivity contribution in [3.05, 3.63) is 114 Å². The van der Waals surface area contributed by atoms with E-state index in [0.29, 0.717) is 34.2 Å². The minimum absolute atomic E-state index is 0.0301. The topological polar surface area (TPSA) is 146 Å². The first-order valence-electron chi connectivity index (χ1n) is 13.9. The molecular weight excluding hydrogens is 597 g/mol. The Kier molecular flexibility index (Phi) is 11.2. The average molecular weight is 631 g/mol. The molecule has 11 heteroatoms. The average Bonchev–Trinajstić information content (AvgIpc) is 3.03. The molecule has 4 aromatic carbocycles. The van der Waals surface area contributed by atoms with E-state index >= 15 is 0 Å². The van der Waals surface area contributed by atoms with E-state index < -0.39 is 16.1 Å². The summed E-state index contributed by atoms with van der Waals surface area (Å²) in [4.78, 5) is 17.1. The van der Waals surface area contributed by atoms with Crippen LogP contribution >= 0.6 is 12.2 Å². The van der Waals surface area contributed by atoms with Crippen LogP contribution in [0.4, 0.5) is 4.79 Å². The molecular formula is C33H34N4O5S2. The number of primary sulfonamides is 1. The molecule has 4 rings (SSSR count). The highest BCUT2D eigenvalue weighted by Gasteiger charge is 2.15. The number of hydrogen-bond donors (Lipinski definition) is 3. The summed E-state index contributed by atoms with van der Waals surface area (Å²) in [6.45, 7) is 0.473. The molecule has 0 saturated heterocycles. The molecule has 5 N–H and O–H groups in total. The van der Waals surface area contributed by atoms with Gasteiger partial charge in [-0.3, -0.25) is 0 Å². The number of hydrogen-bond acceptors (Lipinski definition) is 6. The van der Waals surface area contributed by atoms with Crippen LogP contribution in [0.5, 0.6) is 11.5 Å². The number of amides is 1. The molecule has 0 aromatic heterocycles. The number of ether oxygens (including phenoxy) is 2. The highest BCUT2D eigenvalue weighted by molar-refractivity contribution is 7.89. The molecule has 0 atom stereocenters.